The van der Waals surface area contributed by atoms with E-state index in [2.05, 4.69) is 9.72 Å². The van der Waals surface area contributed by atoms with Crippen molar-refractivity contribution < 1.29 is 36.6 Å². The van der Waals surface area contributed by atoms with Crippen LogP contribution in [-0.2, 0) is 22.1 Å². The van der Waals surface area contributed by atoms with Crippen LogP contribution in [0.5, 0.6) is 5.75 Å². The standard InChI is InChI=1S/C11H10F5NO3/c1-2-20-7(18)3-5-6(11(14,15)16)4-17-8(9(5)19)10(12)13/h4,10,19H,2-3H2,1H3. The van der Waals surface area contributed by atoms with Crippen LogP contribution < -0.4 is 0 Å². The zero-order chi connectivity index (χ0) is 15.5. The highest BCUT2D eigenvalue weighted by atomic mass is 19.4. The first-order chi connectivity index (χ1) is 9.18. The minimum atomic E-state index is -4.94. The van der Waals surface area contributed by atoms with Crippen LogP contribution in [0.2, 0.25) is 0 Å². The molecular formula is C11H10F5NO3. The maximum atomic E-state index is 12.7. The summed E-state index contributed by atoms with van der Waals surface area (Å²) in [7, 11) is 0. The fraction of sp³-hybridized carbons (Fsp3) is 0.455. The Morgan fingerprint density at radius 2 is 2.05 bits per heavy atom. The maximum absolute atomic E-state index is 12.7. The number of pyridine rings is 1. The summed E-state index contributed by atoms with van der Waals surface area (Å²) in [6, 6.07) is 0. The van der Waals surface area contributed by atoms with Crippen LogP contribution in [0, 0.1) is 0 Å². The molecule has 0 radical (unpaired) electrons. The Bertz CT molecular complexity index is 502. The van der Waals surface area contributed by atoms with Crippen LogP contribution >= 0.6 is 0 Å². The van der Waals surface area contributed by atoms with E-state index in [1.165, 1.54) is 6.92 Å². The van der Waals surface area contributed by atoms with Gasteiger partial charge in [0.25, 0.3) is 6.43 Å². The number of hydrogen-bond donors (Lipinski definition) is 1. The number of aromatic hydroxyl groups is 1. The summed E-state index contributed by atoms with van der Waals surface area (Å²) in [6.07, 6.45) is -9.02. The molecule has 0 amide bonds. The van der Waals surface area contributed by atoms with Crippen molar-refractivity contribution in [1.29, 1.82) is 0 Å². The van der Waals surface area contributed by atoms with E-state index in [1.54, 1.807) is 0 Å². The molecular weight excluding hydrogens is 289 g/mol. The fourth-order valence-electron chi connectivity index (χ4n) is 1.49. The van der Waals surface area contributed by atoms with Crippen LogP contribution in [0.25, 0.3) is 0 Å². The Balaban J connectivity index is 3.34. The number of aromatic nitrogens is 1. The number of hydrogen-bond acceptors (Lipinski definition) is 4. The average Bonchev–Trinajstić information content (AvgIpc) is 2.29. The van der Waals surface area contributed by atoms with Crippen molar-refractivity contribution in [3.8, 4) is 5.75 Å². The lowest BCUT2D eigenvalue weighted by Gasteiger charge is -2.15. The topological polar surface area (TPSA) is 59.4 Å². The van der Waals surface area contributed by atoms with Crippen molar-refractivity contribution in [3.05, 3.63) is 23.0 Å². The van der Waals surface area contributed by atoms with Gasteiger partial charge in [-0.1, -0.05) is 0 Å². The van der Waals surface area contributed by atoms with Gasteiger partial charge >= 0.3 is 12.1 Å². The number of ether oxygens (including phenoxy) is 1. The molecule has 1 N–H and O–H groups in total. The van der Waals surface area contributed by atoms with Crippen molar-refractivity contribution >= 4 is 5.97 Å². The molecule has 0 aliphatic rings. The van der Waals surface area contributed by atoms with Crippen molar-refractivity contribution in [2.45, 2.75) is 25.9 Å². The molecule has 0 saturated heterocycles. The monoisotopic (exact) mass is 299 g/mol. The van der Waals surface area contributed by atoms with Gasteiger partial charge in [0, 0.05) is 11.8 Å². The predicted molar refractivity (Wildman–Crippen MR) is 56.2 cm³/mol. The van der Waals surface area contributed by atoms with Gasteiger partial charge in [-0.15, -0.1) is 0 Å². The van der Waals surface area contributed by atoms with Gasteiger partial charge in [0.05, 0.1) is 18.6 Å². The Morgan fingerprint density at radius 3 is 2.50 bits per heavy atom. The molecule has 112 valence electrons. The molecule has 0 unspecified atom stereocenters. The molecule has 1 heterocycles. The van der Waals surface area contributed by atoms with Crippen LogP contribution in [0.4, 0.5) is 22.0 Å². The molecule has 1 aromatic heterocycles. The quantitative estimate of drug-likeness (QED) is 0.686. The van der Waals surface area contributed by atoms with E-state index in [1.807, 2.05) is 0 Å². The van der Waals surface area contributed by atoms with Gasteiger partial charge in [-0.25, -0.2) is 8.78 Å². The summed E-state index contributed by atoms with van der Waals surface area (Å²) in [6.45, 7) is 1.34. The van der Waals surface area contributed by atoms with E-state index in [0.717, 1.165) is 0 Å². The zero-order valence-corrected chi connectivity index (χ0v) is 10.2. The van der Waals surface area contributed by atoms with E-state index in [4.69, 9.17) is 0 Å². The largest absolute Gasteiger partial charge is 0.505 e. The molecule has 9 heteroatoms. The average molecular weight is 299 g/mol. The summed E-state index contributed by atoms with van der Waals surface area (Å²) in [4.78, 5) is 14.1. The number of nitrogens with zero attached hydrogens (tertiary/aromatic N) is 1. The zero-order valence-electron chi connectivity index (χ0n) is 10.2. The minimum Gasteiger partial charge on any atom is -0.505 e. The van der Waals surface area contributed by atoms with Gasteiger partial charge in [-0.3, -0.25) is 9.78 Å². The van der Waals surface area contributed by atoms with Crippen molar-refractivity contribution in [2.75, 3.05) is 6.61 Å². The first kappa shape index (κ1) is 16.1. The molecule has 0 aliphatic carbocycles. The first-order valence-electron chi connectivity index (χ1n) is 5.40. The minimum absolute atomic E-state index is 0.0895. The summed E-state index contributed by atoms with van der Waals surface area (Å²) < 4.78 is 67.6. The third-order valence-electron chi connectivity index (χ3n) is 2.32. The molecule has 20 heavy (non-hydrogen) atoms. The van der Waals surface area contributed by atoms with Gasteiger partial charge in [0.1, 0.15) is 11.4 Å². The molecule has 1 rings (SSSR count). The summed E-state index contributed by atoms with van der Waals surface area (Å²) >= 11 is 0. The third kappa shape index (κ3) is 3.55. The third-order valence-corrected chi connectivity index (χ3v) is 2.32. The Labute approximate surface area is 110 Å². The van der Waals surface area contributed by atoms with Crippen LogP contribution in [0.1, 0.15) is 30.2 Å². The second-order valence-electron chi connectivity index (χ2n) is 3.66. The molecule has 0 spiro atoms. The molecule has 0 bridgehead atoms. The highest BCUT2D eigenvalue weighted by Gasteiger charge is 2.37. The molecule has 0 saturated carbocycles. The van der Waals surface area contributed by atoms with Crippen LogP contribution in [0.15, 0.2) is 6.20 Å². The number of esters is 1. The second kappa shape index (κ2) is 6.02. The Kier molecular flexibility index (Phi) is 4.85. The highest BCUT2D eigenvalue weighted by molar-refractivity contribution is 5.74. The lowest BCUT2D eigenvalue weighted by atomic mass is 10.0. The van der Waals surface area contributed by atoms with Crippen molar-refractivity contribution in [2.24, 2.45) is 0 Å². The Morgan fingerprint density at radius 1 is 1.45 bits per heavy atom. The first-order valence-corrected chi connectivity index (χ1v) is 5.40. The normalized spacial score (nSPS) is 11.8. The molecule has 4 nitrogen and oxygen atoms in total. The predicted octanol–water partition coefficient (Wildman–Crippen LogP) is 2.85. The lowest BCUT2D eigenvalue weighted by molar-refractivity contribution is -0.143. The molecule has 0 aromatic carbocycles. The summed E-state index contributed by atoms with van der Waals surface area (Å²) in [5.41, 5.74) is -3.63. The molecule has 1 aromatic rings. The molecule has 0 atom stereocenters. The van der Waals surface area contributed by atoms with E-state index < -0.39 is 47.6 Å². The maximum Gasteiger partial charge on any atom is 0.418 e. The van der Waals surface area contributed by atoms with Gasteiger partial charge < -0.3 is 9.84 Å². The molecule has 0 aliphatic heterocycles. The second-order valence-corrected chi connectivity index (χ2v) is 3.66. The molecule has 0 fully saturated rings. The van der Waals surface area contributed by atoms with Crippen molar-refractivity contribution in [3.63, 3.8) is 0 Å². The van der Waals surface area contributed by atoms with E-state index in [-0.39, 0.29) is 12.8 Å². The van der Waals surface area contributed by atoms with Gasteiger partial charge in [0.15, 0.2) is 0 Å². The van der Waals surface area contributed by atoms with Gasteiger partial charge in [-0.05, 0) is 6.92 Å². The number of carbonyl (C=O) groups is 1. The van der Waals surface area contributed by atoms with Gasteiger partial charge in [-0.2, -0.15) is 13.2 Å². The van der Waals surface area contributed by atoms with E-state index >= 15 is 0 Å². The van der Waals surface area contributed by atoms with E-state index in [9.17, 15) is 31.9 Å². The van der Waals surface area contributed by atoms with Gasteiger partial charge in [0.2, 0.25) is 0 Å². The number of alkyl halides is 5. The van der Waals surface area contributed by atoms with E-state index in [0.29, 0.717) is 0 Å². The highest BCUT2D eigenvalue weighted by Crippen LogP contribution is 2.39. The SMILES string of the molecule is CCOC(=O)Cc1c(C(F)(F)F)cnc(C(F)F)c1O. The smallest absolute Gasteiger partial charge is 0.418 e. The summed E-state index contributed by atoms with van der Waals surface area (Å²) in [5, 5.41) is 9.47. The van der Waals surface area contributed by atoms with Crippen LogP contribution in [0.3, 0.4) is 0 Å². The number of carbonyl (C=O) groups excluding carboxylic acids is 1. The number of rotatable bonds is 4. The number of halogens is 5. The van der Waals surface area contributed by atoms with Crippen LogP contribution in [-0.4, -0.2) is 22.7 Å². The fourth-order valence-corrected chi connectivity index (χ4v) is 1.49. The lowest BCUT2D eigenvalue weighted by Crippen LogP contribution is -2.16. The van der Waals surface area contributed by atoms with Crippen molar-refractivity contribution in [1.82, 2.24) is 4.98 Å². The summed E-state index contributed by atoms with van der Waals surface area (Å²) in [5.74, 6) is -2.41. The Hall–Kier alpha value is -1.93.